The number of halogens is 2. The second kappa shape index (κ2) is 11.1. The quantitative estimate of drug-likeness (QED) is 0.538. The maximum Gasteiger partial charge on any atom is 0.408 e. The number of carboxylic acids is 1. The van der Waals surface area contributed by atoms with E-state index < -0.39 is 54.1 Å². The van der Waals surface area contributed by atoms with E-state index in [4.69, 9.17) is 9.84 Å². The van der Waals surface area contributed by atoms with Crippen LogP contribution in [0.25, 0.3) is 0 Å². The minimum Gasteiger partial charge on any atom is -0.481 e. The molecule has 4 atom stereocenters. The Kier molecular flexibility index (Phi) is 9.17. The van der Waals surface area contributed by atoms with Gasteiger partial charge in [-0.15, -0.1) is 0 Å². The summed E-state index contributed by atoms with van der Waals surface area (Å²) in [7, 11) is 0. The lowest BCUT2D eigenvalue weighted by Gasteiger charge is -2.24. The summed E-state index contributed by atoms with van der Waals surface area (Å²) in [5.41, 5.74) is 0.740. The van der Waals surface area contributed by atoms with E-state index in [2.05, 4.69) is 10.6 Å². The van der Waals surface area contributed by atoms with Crippen LogP contribution < -0.4 is 10.6 Å². The molecule has 160 valence electrons. The Morgan fingerprint density at radius 2 is 1.59 bits per heavy atom. The van der Waals surface area contributed by atoms with Crippen LogP contribution in [0.4, 0.5) is 13.6 Å². The van der Waals surface area contributed by atoms with Crippen LogP contribution in [0.3, 0.4) is 0 Å². The monoisotopic (exact) mass is 414 g/mol. The normalized spacial score (nSPS) is 15.0. The van der Waals surface area contributed by atoms with Gasteiger partial charge in [-0.25, -0.2) is 13.6 Å². The van der Waals surface area contributed by atoms with E-state index in [-0.39, 0.29) is 6.61 Å². The van der Waals surface area contributed by atoms with E-state index >= 15 is 0 Å². The number of alkyl halides is 2. The molecule has 10 heteroatoms. The molecule has 1 aromatic carbocycles. The second-order valence-corrected chi connectivity index (χ2v) is 6.55. The molecule has 0 radical (unpaired) electrons. The number of carbonyl (C=O) groups is 4. The topological polar surface area (TPSA) is 122 Å². The van der Waals surface area contributed by atoms with Crippen molar-refractivity contribution in [2.24, 2.45) is 11.8 Å². The van der Waals surface area contributed by atoms with Gasteiger partial charge in [0.15, 0.2) is 5.78 Å². The van der Waals surface area contributed by atoms with Crippen LogP contribution in [-0.2, 0) is 25.7 Å². The number of hydrogen-bond donors (Lipinski definition) is 3. The number of carbonyl (C=O) groups excluding carboxylic acids is 3. The number of nitrogens with one attached hydrogen (secondary N) is 2. The van der Waals surface area contributed by atoms with Gasteiger partial charge in [0.1, 0.15) is 12.6 Å². The van der Waals surface area contributed by atoms with E-state index in [0.29, 0.717) is 0 Å². The standard InChI is InChI=1S/C19H24F2N2O6/c1-10(18(26)27)14(16(20)21)15(24)11(2)22-17(25)12(3)23-19(28)29-9-13-7-5-4-6-8-13/h4-8,10-12,14,16H,9H2,1-3H3,(H,22,25)(H,23,28)(H,26,27). The number of rotatable bonds is 10. The number of Topliss-reactive ketones (excluding diaryl/α,β-unsaturated/α-hetero) is 1. The van der Waals surface area contributed by atoms with Crippen molar-refractivity contribution >= 4 is 23.8 Å². The summed E-state index contributed by atoms with van der Waals surface area (Å²) >= 11 is 0. The maximum absolute atomic E-state index is 13.1. The molecule has 1 rings (SSSR count). The zero-order valence-corrected chi connectivity index (χ0v) is 16.2. The molecule has 0 aliphatic heterocycles. The van der Waals surface area contributed by atoms with Gasteiger partial charge in [0.25, 0.3) is 0 Å². The van der Waals surface area contributed by atoms with Gasteiger partial charge in [-0.2, -0.15) is 0 Å². The summed E-state index contributed by atoms with van der Waals surface area (Å²) < 4.78 is 31.3. The van der Waals surface area contributed by atoms with Crippen molar-refractivity contribution in [3.63, 3.8) is 0 Å². The third kappa shape index (κ3) is 7.47. The lowest BCUT2D eigenvalue weighted by Crippen LogP contribution is -2.52. The number of carboxylic acid groups (broad SMARTS) is 1. The van der Waals surface area contributed by atoms with E-state index in [9.17, 15) is 28.0 Å². The first-order valence-corrected chi connectivity index (χ1v) is 8.86. The summed E-state index contributed by atoms with van der Waals surface area (Å²) in [6.07, 6.45) is -4.07. The van der Waals surface area contributed by atoms with Crippen LogP contribution >= 0.6 is 0 Å². The molecule has 29 heavy (non-hydrogen) atoms. The van der Waals surface area contributed by atoms with E-state index in [0.717, 1.165) is 12.5 Å². The van der Waals surface area contributed by atoms with Crippen LogP contribution in [-0.4, -0.2) is 47.4 Å². The Balaban J connectivity index is 2.58. The maximum atomic E-state index is 13.1. The molecule has 0 aromatic heterocycles. The predicted octanol–water partition coefficient (Wildman–Crippen LogP) is 1.98. The van der Waals surface area contributed by atoms with Gasteiger partial charge in [0.2, 0.25) is 12.3 Å². The molecule has 4 unspecified atom stereocenters. The molecule has 2 amide bonds. The second-order valence-electron chi connectivity index (χ2n) is 6.55. The van der Waals surface area contributed by atoms with Crippen molar-refractivity contribution in [1.29, 1.82) is 0 Å². The highest BCUT2D eigenvalue weighted by molar-refractivity contribution is 5.94. The number of benzene rings is 1. The number of ether oxygens (including phenoxy) is 1. The Bertz CT molecular complexity index is 729. The smallest absolute Gasteiger partial charge is 0.408 e. The van der Waals surface area contributed by atoms with E-state index in [1.54, 1.807) is 30.3 Å². The summed E-state index contributed by atoms with van der Waals surface area (Å²) in [5, 5.41) is 13.4. The first kappa shape index (κ1) is 24.0. The SMILES string of the molecule is CC(NC(=O)OCc1ccccc1)C(=O)NC(C)C(=O)C(C(F)F)C(C)C(=O)O. The minimum atomic E-state index is -3.20. The third-order valence-corrected chi connectivity index (χ3v) is 4.25. The van der Waals surface area contributed by atoms with Gasteiger partial charge in [0, 0.05) is 0 Å². The van der Waals surface area contributed by atoms with Crippen molar-refractivity contribution in [2.75, 3.05) is 0 Å². The van der Waals surface area contributed by atoms with E-state index in [1.807, 2.05) is 0 Å². The van der Waals surface area contributed by atoms with Crippen LogP contribution in [0.15, 0.2) is 30.3 Å². The Morgan fingerprint density at radius 1 is 1.00 bits per heavy atom. The van der Waals surface area contributed by atoms with Gasteiger partial charge in [0.05, 0.1) is 17.9 Å². The molecular formula is C19H24F2N2O6. The lowest BCUT2D eigenvalue weighted by atomic mass is 9.87. The summed E-state index contributed by atoms with van der Waals surface area (Å²) in [6.45, 7) is 3.48. The molecule has 0 saturated heterocycles. The average molecular weight is 414 g/mol. The van der Waals surface area contributed by atoms with Crippen LogP contribution in [0, 0.1) is 11.8 Å². The Morgan fingerprint density at radius 3 is 2.10 bits per heavy atom. The van der Waals surface area contributed by atoms with Crippen molar-refractivity contribution in [2.45, 2.75) is 45.9 Å². The summed E-state index contributed by atoms with van der Waals surface area (Å²) in [4.78, 5) is 47.0. The molecule has 8 nitrogen and oxygen atoms in total. The average Bonchev–Trinajstić information content (AvgIpc) is 2.66. The Hall–Kier alpha value is -3.04. The number of ketones is 1. The van der Waals surface area contributed by atoms with Crippen molar-refractivity contribution < 1.29 is 37.8 Å². The zero-order valence-electron chi connectivity index (χ0n) is 16.2. The molecule has 0 fully saturated rings. The number of amides is 2. The molecule has 1 aromatic rings. The fraction of sp³-hybridized carbons (Fsp3) is 0.474. The molecule has 3 N–H and O–H groups in total. The summed E-state index contributed by atoms with van der Waals surface area (Å²) in [5.74, 6) is -7.15. The first-order chi connectivity index (χ1) is 13.5. The fourth-order valence-corrected chi connectivity index (χ4v) is 2.45. The third-order valence-electron chi connectivity index (χ3n) is 4.25. The van der Waals surface area contributed by atoms with Crippen molar-refractivity contribution in [3.05, 3.63) is 35.9 Å². The van der Waals surface area contributed by atoms with E-state index in [1.165, 1.54) is 13.8 Å². The Labute approximate surface area is 166 Å². The fourth-order valence-electron chi connectivity index (χ4n) is 2.45. The molecule has 0 aliphatic carbocycles. The van der Waals surface area contributed by atoms with Crippen LogP contribution in [0.2, 0.25) is 0 Å². The molecule has 0 heterocycles. The first-order valence-electron chi connectivity index (χ1n) is 8.86. The molecule has 0 aliphatic rings. The highest BCUT2D eigenvalue weighted by Gasteiger charge is 2.40. The highest BCUT2D eigenvalue weighted by atomic mass is 19.3. The predicted molar refractivity (Wildman–Crippen MR) is 98.1 cm³/mol. The van der Waals surface area contributed by atoms with Gasteiger partial charge >= 0.3 is 12.1 Å². The summed E-state index contributed by atoms with van der Waals surface area (Å²) in [6, 6.07) is 6.34. The molecule has 0 saturated carbocycles. The lowest BCUT2D eigenvalue weighted by molar-refractivity contribution is -0.151. The zero-order chi connectivity index (χ0) is 22.1. The largest absolute Gasteiger partial charge is 0.481 e. The highest BCUT2D eigenvalue weighted by Crippen LogP contribution is 2.22. The van der Waals surface area contributed by atoms with Gasteiger partial charge in [-0.1, -0.05) is 37.3 Å². The van der Waals surface area contributed by atoms with Crippen molar-refractivity contribution in [1.82, 2.24) is 10.6 Å². The number of alkyl carbamates (subject to hydrolysis) is 1. The van der Waals surface area contributed by atoms with Gasteiger partial charge in [-0.05, 0) is 19.4 Å². The van der Waals surface area contributed by atoms with Crippen molar-refractivity contribution in [3.8, 4) is 0 Å². The molecule has 0 bridgehead atoms. The minimum absolute atomic E-state index is 0.0148. The number of hydrogen-bond acceptors (Lipinski definition) is 5. The van der Waals surface area contributed by atoms with Crippen LogP contribution in [0.1, 0.15) is 26.3 Å². The molecule has 0 spiro atoms. The van der Waals surface area contributed by atoms with Crippen LogP contribution in [0.5, 0.6) is 0 Å². The van der Waals surface area contributed by atoms with Gasteiger partial charge < -0.3 is 20.5 Å². The number of aliphatic carboxylic acids is 1. The molecular weight excluding hydrogens is 390 g/mol. The van der Waals surface area contributed by atoms with Gasteiger partial charge in [-0.3, -0.25) is 14.4 Å².